The number of nitrogens with zero attached hydrogens (tertiary/aromatic N) is 3. The lowest BCUT2D eigenvalue weighted by molar-refractivity contribution is 0.324. The van der Waals surface area contributed by atoms with E-state index in [2.05, 4.69) is 32.5 Å². The lowest BCUT2D eigenvalue weighted by atomic mass is 10.1. The average molecular weight is 316 g/mol. The molecule has 2 saturated heterocycles. The Balaban J connectivity index is 1.48. The van der Waals surface area contributed by atoms with Crippen molar-refractivity contribution in [2.45, 2.75) is 37.9 Å². The van der Waals surface area contributed by atoms with Crippen LogP contribution >= 0.6 is 0 Å². The number of hydrogen-bond donors (Lipinski definition) is 1. The van der Waals surface area contributed by atoms with Crippen molar-refractivity contribution in [1.82, 2.24) is 15.5 Å². The maximum absolute atomic E-state index is 13.3. The van der Waals surface area contributed by atoms with Crippen molar-refractivity contribution in [2.24, 2.45) is 0 Å². The Labute approximate surface area is 134 Å². The van der Waals surface area contributed by atoms with E-state index in [1.807, 2.05) is 12.1 Å². The maximum Gasteiger partial charge on any atom is 0.244 e. The van der Waals surface area contributed by atoms with Gasteiger partial charge < -0.3 is 14.7 Å². The molecule has 1 N–H and O–H groups in total. The summed E-state index contributed by atoms with van der Waals surface area (Å²) in [5.74, 6) is 1.04. The summed E-state index contributed by atoms with van der Waals surface area (Å²) in [6.45, 7) is 2.61. The van der Waals surface area contributed by atoms with Gasteiger partial charge in [-0.15, -0.1) is 0 Å². The van der Waals surface area contributed by atoms with Crippen LogP contribution in [0.3, 0.4) is 0 Å². The minimum Gasteiger partial charge on any atom is -0.372 e. The van der Waals surface area contributed by atoms with Crippen molar-refractivity contribution in [3.8, 4) is 11.4 Å². The molecule has 0 spiro atoms. The van der Waals surface area contributed by atoms with E-state index < -0.39 is 6.17 Å². The lowest BCUT2D eigenvalue weighted by Gasteiger charge is -2.28. The van der Waals surface area contributed by atoms with Gasteiger partial charge >= 0.3 is 0 Å². The molecule has 2 fully saturated rings. The predicted octanol–water partition coefficient (Wildman–Crippen LogP) is 3.10. The smallest absolute Gasteiger partial charge is 0.244 e. The first-order valence-corrected chi connectivity index (χ1v) is 8.36. The second kappa shape index (κ2) is 6.28. The summed E-state index contributed by atoms with van der Waals surface area (Å²) < 4.78 is 18.6. The van der Waals surface area contributed by atoms with Crippen molar-refractivity contribution in [3.63, 3.8) is 0 Å². The Hall–Kier alpha value is -1.95. The quantitative estimate of drug-likeness (QED) is 0.943. The Morgan fingerprint density at radius 2 is 1.91 bits per heavy atom. The van der Waals surface area contributed by atoms with Crippen LogP contribution in [0, 0.1) is 0 Å². The summed E-state index contributed by atoms with van der Waals surface area (Å²) in [5.41, 5.74) is 2.17. The Kier molecular flexibility index (Phi) is 3.99. The number of benzene rings is 1. The molecule has 0 aliphatic carbocycles. The fraction of sp³-hybridized carbons (Fsp3) is 0.529. The summed E-state index contributed by atoms with van der Waals surface area (Å²) in [6.07, 6.45) is 3.42. The van der Waals surface area contributed by atoms with E-state index in [0.717, 1.165) is 18.7 Å². The highest BCUT2D eigenvalue weighted by Crippen LogP contribution is 2.27. The second-order valence-electron chi connectivity index (χ2n) is 6.34. The zero-order valence-electron chi connectivity index (χ0n) is 13.0. The predicted molar refractivity (Wildman–Crippen MR) is 86.1 cm³/mol. The third-order valence-corrected chi connectivity index (χ3v) is 4.66. The van der Waals surface area contributed by atoms with Gasteiger partial charge in [0.05, 0.1) is 6.04 Å². The molecular weight excluding hydrogens is 295 g/mol. The summed E-state index contributed by atoms with van der Waals surface area (Å²) in [5, 5.41) is 7.10. The van der Waals surface area contributed by atoms with Gasteiger partial charge in [-0.1, -0.05) is 5.16 Å². The minimum absolute atomic E-state index is 0.168. The van der Waals surface area contributed by atoms with Crippen molar-refractivity contribution in [1.29, 1.82) is 0 Å². The van der Waals surface area contributed by atoms with Gasteiger partial charge in [-0.05, 0) is 43.5 Å². The first-order valence-electron chi connectivity index (χ1n) is 8.36. The third-order valence-electron chi connectivity index (χ3n) is 4.66. The highest BCUT2D eigenvalue weighted by Gasteiger charge is 2.29. The van der Waals surface area contributed by atoms with Gasteiger partial charge in [-0.3, -0.25) is 0 Å². The second-order valence-corrected chi connectivity index (χ2v) is 6.34. The molecule has 2 aliphatic rings. The van der Waals surface area contributed by atoms with Crippen LogP contribution in [-0.2, 0) is 0 Å². The summed E-state index contributed by atoms with van der Waals surface area (Å²) >= 11 is 0. The van der Waals surface area contributed by atoms with Crippen LogP contribution in [0.25, 0.3) is 11.4 Å². The lowest BCUT2D eigenvalue weighted by Crippen LogP contribution is -2.29. The Morgan fingerprint density at radius 3 is 2.61 bits per heavy atom. The number of piperidine rings is 1. The zero-order chi connectivity index (χ0) is 15.6. The van der Waals surface area contributed by atoms with Gasteiger partial charge in [0.2, 0.25) is 11.7 Å². The third kappa shape index (κ3) is 3.08. The summed E-state index contributed by atoms with van der Waals surface area (Å²) in [7, 11) is 0. The fourth-order valence-electron chi connectivity index (χ4n) is 3.35. The van der Waals surface area contributed by atoms with E-state index in [-0.39, 0.29) is 6.04 Å². The van der Waals surface area contributed by atoms with Crippen LogP contribution in [0.5, 0.6) is 0 Å². The van der Waals surface area contributed by atoms with Gasteiger partial charge in [0, 0.05) is 37.3 Å². The molecule has 0 saturated carbocycles. The SMILES string of the molecule is F[C@@H]1CN[C@@H](c2nc(-c3ccc(N4CCCCC4)cc3)no2)C1. The molecule has 122 valence electrons. The van der Waals surface area contributed by atoms with E-state index >= 15 is 0 Å². The van der Waals surface area contributed by atoms with Crippen LogP contribution in [0.15, 0.2) is 28.8 Å². The van der Waals surface area contributed by atoms with Gasteiger partial charge in [-0.25, -0.2) is 4.39 Å². The summed E-state index contributed by atoms with van der Waals surface area (Å²) in [4.78, 5) is 6.83. The van der Waals surface area contributed by atoms with Gasteiger partial charge in [0.25, 0.3) is 0 Å². The van der Waals surface area contributed by atoms with Gasteiger partial charge in [-0.2, -0.15) is 4.98 Å². The summed E-state index contributed by atoms with van der Waals surface area (Å²) in [6, 6.07) is 8.11. The molecule has 1 aromatic carbocycles. The van der Waals surface area contributed by atoms with Crippen LogP contribution in [-0.4, -0.2) is 35.9 Å². The Bertz CT molecular complexity index is 651. The number of aromatic nitrogens is 2. The van der Waals surface area contributed by atoms with E-state index in [1.54, 1.807) is 0 Å². The first kappa shape index (κ1) is 14.6. The molecule has 3 heterocycles. The molecule has 4 rings (SSSR count). The van der Waals surface area contributed by atoms with Crippen LogP contribution < -0.4 is 10.2 Å². The molecule has 2 aliphatic heterocycles. The molecule has 0 radical (unpaired) electrons. The highest BCUT2D eigenvalue weighted by molar-refractivity contribution is 5.60. The van der Waals surface area contributed by atoms with Gasteiger partial charge in [0.15, 0.2) is 0 Å². The van der Waals surface area contributed by atoms with Crippen LogP contribution in [0.4, 0.5) is 10.1 Å². The molecule has 0 bridgehead atoms. The number of alkyl halides is 1. The van der Waals surface area contributed by atoms with Crippen molar-refractivity contribution >= 4 is 5.69 Å². The number of anilines is 1. The average Bonchev–Trinajstić information content (AvgIpc) is 3.25. The minimum atomic E-state index is -0.834. The zero-order valence-corrected chi connectivity index (χ0v) is 13.0. The molecule has 1 aromatic heterocycles. The molecule has 6 heteroatoms. The highest BCUT2D eigenvalue weighted by atomic mass is 19.1. The monoisotopic (exact) mass is 316 g/mol. The molecule has 2 aromatic rings. The van der Waals surface area contributed by atoms with Crippen LogP contribution in [0.2, 0.25) is 0 Å². The molecule has 0 unspecified atom stereocenters. The molecule has 0 amide bonds. The van der Waals surface area contributed by atoms with Crippen molar-refractivity contribution in [3.05, 3.63) is 30.2 Å². The molecule has 2 atom stereocenters. The maximum atomic E-state index is 13.3. The van der Waals surface area contributed by atoms with Crippen molar-refractivity contribution < 1.29 is 8.91 Å². The van der Waals surface area contributed by atoms with E-state index in [1.165, 1.54) is 24.9 Å². The van der Waals surface area contributed by atoms with Crippen molar-refractivity contribution in [2.75, 3.05) is 24.5 Å². The molecular formula is C17H21FN4O. The van der Waals surface area contributed by atoms with Gasteiger partial charge in [0.1, 0.15) is 6.17 Å². The van der Waals surface area contributed by atoms with E-state index in [0.29, 0.717) is 24.7 Å². The van der Waals surface area contributed by atoms with Crippen LogP contribution in [0.1, 0.15) is 37.6 Å². The first-order chi connectivity index (χ1) is 11.3. The molecule has 23 heavy (non-hydrogen) atoms. The topological polar surface area (TPSA) is 54.2 Å². The number of halogens is 1. The standard InChI is InChI=1S/C17H21FN4O/c18-13-10-15(19-11-13)17-20-16(21-23-17)12-4-6-14(7-5-12)22-8-2-1-3-9-22/h4-7,13,15,19H,1-3,8-11H2/t13-,15+/m0/s1. The van der Waals surface area contributed by atoms with E-state index in [4.69, 9.17) is 4.52 Å². The molecule has 5 nitrogen and oxygen atoms in total. The normalized spacial score (nSPS) is 25.0. The Morgan fingerprint density at radius 1 is 1.13 bits per heavy atom. The number of hydrogen-bond acceptors (Lipinski definition) is 5. The fourth-order valence-corrected chi connectivity index (χ4v) is 3.35. The number of rotatable bonds is 3. The number of nitrogens with one attached hydrogen (secondary N) is 1. The van der Waals surface area contributed by atoms with E-state index in [9.17, 15) is 4.39 Å². The largest absolute Gasteiger partial charge is 0.372 e.